The molecule has 0 fully saturated rings. The van der Waals surface area contributed by atoms with Crippen LogP contribution >= 0.6 is 36.0 Å². The molecule has 1 rings (SSSR count). The fraction of sp³-hybridized carbons (Fsp3) is 0.571. The number of nitrogens with two attached hydrogens (primary N) is 1. The summed E-state index contributed by atoms with van der Waals surface area (Å²) >= 11 is 16.0. The molecular formula is C7H11Cl2N3S. The van der Waals surface area contributed by atoms with Gasteiger partial charge in [-0.05, 0) is 31.5 Å². The highest BCUT2D eigenvalue weighted by Gasteiger charge is 2.17. The molecule has 0 saturated heterocycles. The average Bonchev–Trinajstić information content (AvgIpc) is 2.27. The van der Waals surface area contributed by atoms with E-state index in [0.717, 1.165) is 17.8 Å². The maximum absolute atomic E-state index is 5.88. The molecule has 0 aliphatic carbocycles. The minimum absolute atomic E-state index is 0.0116. The maximum Gasteiger partial charge on any atom is 0.218 e. The van der Waals surface area contributed by atoms with Gasteiger partial charge in [0.15, 0.2) is 0 Å². The van der Waals surface area contributed by atoms with Gasteiger partial charge in [-0.15, -0.1) is 0 Å². The third-order valence-electron chi connectivity index (χ3n) is 1.76. The molecule has 0 aromatic carbocycles. The molecule has 0 spiro atoms. The maximum atomic E-state index is 5.88. The summed E-state index contributed by atoms with van der Waals surface area (Å²) in [5, 5.41) is 0.257. The van der Waals surface area contributed by atoms with Crippen LogP contribution in [0.3, 0.4) is 0 Å². The zero-order valence-electron chi connectivity index (χ0n) is 7.17. The highest BCUT2D eigenvalue weighted by molar-refractivity contribution is 7.80. The first kappa shape index (κ1) is 11.2. The number of halogens is 2. The summed E-state index contributed by atoms with van der Waals surface area (Å²) in [5.74, 6) is 0. The second-order valence-corrected chi connectivity index (χ2v) is 4.02. The molecule has 0 bridgehead atoms. The van der Waals surface area contributed by atoms with Crippen molar-refractivity contribution in [2.45, 2.75) is 18.6 Å². The van der Waals surface area contributed by atoms with Gasteiger partial charge in [-0.2, -0.15) is 12.6 Å². The highest BCUT2D eigenvalue weighted by Crippen LogP contribution is 2.29. The molecule has 1 heterocycles. The quantitative estimate of drug-likeness (QED) is 0.795. The Morgan fingerprint density at radius 3 is 2.69 bits per heavy atom. The number of nitrogens with zero attached hydrogens (tertiary/aromatic N) is 2. The van der Waals surface area contributed by atoms with Crippen LogP contribution in [-0.4, -0.2) is 15.6 Å². The lowest BCUT2D eigenvalue weighted by atomic mass is 10.2. The van der Waals surface area contributed by atoms with Gasteiger partial charge >= 0.3 is 0 Å². The minimum Gasteiger partial charge on any atom is -0.330 e. The summed E-state index contributed by atoms with van der Waals surface area (Å²) in [6, 6.07) is 0. The van der Waals surface area contributed by atoms with Crippen molar-refractivity contribution >= 4 is 36.0 Å². The van der Waals surface area contributed by atoms with Crippen LogP contribution in [0.2, 0.25) is 5.28 Å². The summed E-state index contributed by atoms with van der Waals surface area (Å²) in [5.41, 5.74) is 7.04. The van der Waals surface area contributed by atoms with Gasteiger partial charge in [0.25, 0.3) is 0 Å². The Kier molecular flexibility index (Phi) is 3.91. The number of imidazole rings is 1. The van der Waals surface area contributed by atoms with Crippen LogP contribution in [-0.2, 0) is 0 Å². The van der Waals surface area contributed by atoms with Crippen LogP contribution in [0.15, 0.2) is 0 Å². The van der Waals surface area contributed by atoms with E-state index in [0.29, 0.717) is 6.54 Å². The second-order valence-electron chi connectivity index (χ2n) is 2.73. The smallest absolute Gasteiger partial charge is 0.218 e. The number of aryl methyl sites for hydroxylation is 1. The third-order valence-corrected chi connectivity index (χ3v) is 2.94. The predicted molar refractivity (Wildman–Crippen MR) is 58.6 cm³/mol. The molecule has 13 heavy (non-hydrogen) atoms. The fourth-order valence-corrected chi connectivity index (χ4v) is 2.16. The minimum atomic E-state index is -0.0116. The molecule has 74 valence electrons. The van der Waals surface area contributed by atoms with E-state index in [9.17, 15) is 0 Å². The molecule has 1 atom stereocenters. The number of hydrogen-bond donors (Lipinski definition) is 2. The lowest BCUT2D eigenvalue weighted by Crippen LogP contribution is -2.06. The number of thiol groups is 1. The molecule has 1 aromatic rings. The first-order valence-corrected chi connectivity index (χ1v) is 5.10. The normalized spacial score (nSPS) is 13.3. The van der Waals surface area contributed by atoms with E-state index in [4.69, 9.17) is 29.1 Å². The van der Waals surface area contributed by atoms with Gasteiger partial charge in [0.05, 0.1) is 11.4 Å². The topological polar surface area (TPSA) is 43.8 Å². The highest BCUT2D eigenvalue weighted by atomic mass is 35.5. The van der Waals surface area contributed by atoms with E-state index in [2.05, 4.69) is 17.6 Å². The molecule has 0 aliphatic rings. The fourth-order valence-electron chi connectivity index (χ4n) is 1.15. The van der Waals surface area contributed by atoms with E-state index in [1.807, 2.05) is 6.92 Å². The van der Waals surface area contributed by atoms with Gasteiger partial charge in [0.1, 0.15) is 0 Å². The molecule has 2 N–H and O–H groups in total. The Morgan fingerprint density at radius 2 is 2.31 bits per heavy atom. The Bertz CT molecular complexity index is 300. The first-order valence-electron chi connectivity index (χ1n) is 3.87. The average molecular weight is 240 g/mol. The zero-order chi connectivity index (χ0) is 10.0. The van der Waals surface area contributed by atoms with Crippen LogP contribution in [0.25, 0.3) is 0 Å². The Hall–Kier alpha value is 0.1000. The van der Waals surface area contributed by atoms with Crippen LogP contribution in [0.5, 0.6) is 0 Å². The van der Waals surface area contributed by atoms with Crippen molar-refractivity contribution in [1.29, 1.82) is 0 Å². The van der Waals surface area contributed by atoms with Crippen molar-refractivity contribution in [3.8, 4) is 0 Å². The van der Waals surface area contributed by atoms with Crippen molar-refractivity contribution in [3.63, 3.8) is 0 Å². The number of rotatable bonds is 3. The second kappa shape index (κ2) is 4.55. The molecule has 0 radical (unpaired) electrons. The molecule has 0 amide bonds. The Balaban J connectivity index is 2.98. The molecule has 0 saturated carbocycles. The summed E-state index contributed by atoms with van der Waals surface area (Å²) < 4.78 is 1.32. The van der Waals surface area contributed by atoms with E-state index in [-0.39, 0.29) is 10.5 Å². The van der Waals surface area contributed by atoms with Crippen LogP contribution in [0.4, 0.5) is 0 Å². The summed E-state index contributed by atoms with van der Waals surface area (Å²) in [6.07, 6.45) is 0.749. The molecule has 1 aromatic heterocycles. The Labute approximate surface area is 92.7 Å². The molecular weight excluding hydrogens is 229 g/mol. The van der Waals surface area contributed by atoms with Crippen molar-refractivity contribution < 1.29 is 0 Å². The zero-order valence-corrected chi connectivity index (χ0v) is 9.57. The van der Waals surface area contributed by atoms with Gasteiger partial charge in [0.2, 0.25) is 5.28 Å². The van der Waals surface area contributed by atoms with E-state index >= 15 is 0 Å². The van der Waals surface area contributed by atoms with Gasteiger partial charge in [-0.1, -0.05) is 0 Å². The Morgan fingerprint density at radius 1 is 1.69 bits per heavy atom. The van der Waals surface area contributed by atoms with Crippen molar-refractivity contribution in [1.82, 2.24) is 9.07 Å². The monoisotopic (exact) mass is 239 g/mol. The van der Waals surface area contributed by atoms with Gasteiger partial charge in [0, 0.05) is 17.0 Å². The van der Waals surface area contributed by atoms with Crippen LogP contribution in [0, 0.1) is 6.92 Å². The standard InChI is InChI=1S/C7H11Cl2N3S/c1-4-6(5(13)2-3-10)12(9)7(8)11-4/h5,13H,2-3,10H2,1H3. The molecule has 0 aliphatic heterocycles. The van der Waals surface area contributed by atoms with Crippen LogP contribution < -0.4 is 5.73 Å². The molecule has 6 heteroatoms. The number of aromatic nitrogens is 2. The largest absolute Gasteiger partial charge is 0.330 e. The SMILES string of the molecule is Cc1nc(Cl)n(Cl)c1C(S)CCN. The summed E-state index contributed by atoms with van der Waals surface area (Å²) in [4.78, 5) is 4.02. The molecule has 1 unspecified atom stereocenters. The van der Waals surface area contributed by atoms with E-state index in [1.54, 1.807) is 0 Å². The van der Waals surface area contributed by atoms with Crippen molar-refractivity contribution in [2.24, 2.45) is 5.73 Å². The third kappa shape index (κ3) is 2.31. The van der Waals surface area contributed by atoms with Gasteiger partial charge in [-0.25, -0.2) is 9.07 Å². The van der Waals surface area contributed by atoms with E-state index in [1.165, 1.54) is 4.09 Å². The van der Waals surface area contributed by atoms with Gasteiger partial charge in [-0.3, -0.25) is 0 Å². The summed E-state index contributed by atoms with van der Waals surface area (Å²) in [7, 11) is 0. The van der Waals surface area contributed by atoms with Crippen molar-refractivity contribution in [2.75, 3.05) is 6.54 Å². The van der Waals surface area contributed by atoms with Gasteiger partial charge < -0.3 is 5.73 Å². The van der Waals surface area contributed by atoms with Crippen molar-refractivity contribution in [3.05, 3.63) is 16.7 Å². The molecule has 3 nitrogen and oxygen atoms in total. The lowest BCUT2D eigenvalue weighted by Gasteiger charge is -2.09. The number of hydrogen-bond acceptors (Lipinski definition) is 3. The predicted octanol–water partition coefficient (Wildman–Crippen LogP) is 2.17. The first-order chi connectivity index (χ1) is 6.07. The summed E-state index contributed by atoms with van der Waals surface area (Å²) in [6.45, 7) is 2.41. The van der Waals surface area contributed by atoms with Crippen LogP contribution in [0.1, 0.15) is 23.1 Å². The lowest BCUT2D eigenvalue weighted by molar-refractivity contribution is 0.787. The van der Waals surface area contributed by atoms with E-state index < -0.39 is 0 Å².